The number of benzene rings is 1. The summed E-state index contributed by atoms with van der Waals surface area (Å²) >= 11 is 0. The summed E-state index contributed by atoms with van der Waals surface area (Å²) in [6, 6.07) is 5.19. The number of rotatable bonds is 5. The van der Waals surface area contributed by atoms with Crippen molar-refractivity contribution < 1.29 is 24.2 Å². The molecule has 1 amide bonds. The lowest BCUT2D eigenvalue weighted by molar-refractivity contribution is -0.147. The molecule has 6 heteroatoms. The molecule has 0 radical (unpaired) electrons. The number of amides is 1. The molecule has 0 bridgehead atoms. The van der Waals surface area contributed by atoms with Crippen molar-refractivity contribution >= 4 is 11.9 Å². The van der Waals surface area contributed by atoms with Crippen molar-refractivity contribution in [2.24, 2.45) is 5.41 Å². The first kappa shape index (κ1) is 17.6. The van der Waals surface area contributed by atoms with Gasteiger partial charge < -0.3 is 19.5 Å². The summed E-state index contributed by atoms with van der Waals surface area (Å²) in [5.74, 6) is 0.164. The highest BCUT2D eigenvalue weighted by molar-refractivity contribution is 5.95. The van der Waals surface area contributed by atoms with Gasteiger partial charge in [-0.3, -0.25) is 9.59 Å². The van der Waals surface area contributed by atoms with Crippen LogP contribution in [-0.2, 0) is 4.79 Å². The van der Waals surface area contributed by atoms with Gasteiger partial charge in [0.15, 0.2) is 11.5 Å². The van der Waals surface area contributed by atoms with Crippen LogP contribution in [0.3, 0.4) is 0 Å². The number of ether oxygens (including phenoxy) is 2. The van der Waals surface area contributed by atoms with E-state index in [-0.39, 0.29) is 18.6 Å². The third-order valence-corrected chi connectivity index (χ3v) is 5.28. The molecule has 1 heterocycles. The Balaban J connectivity index is 1.74. The second-order valence-electron chi connectivity index (χ2n) is 7.23. The fourth-order valence-corrected chi connectivity index (χ4v) is 3.58. The van der Waals surface area contributed by atoms with Crippen LogP contribution in [0.1, 0.15) is 49.4 Å². The Kier molecular flexibility index (Phi) is 4.88. The maximum absolute atomic E-state index is 12.7. The molecule has 1 saturated carbocycles. The van der Waals surface area contributed by atoms with Crippen LogP contribution in [0.5, 0.6) is 11.5 Å². The second-order valence-corrected chi connectivity index (χ2v) is 7.23. The van der Waals surface area contributed by atoms with E-state index in [4.69, 9.17) is 9.47 Å². The lowest BCUT2D eigenvalue weighted by Gasteiger charge is -2.21. The van der Waals surface area contributed by atoms with Crippen molar-refractivity contribution in [1.29, 1.82) is 0 Å². The molecule has 3 rings (SSSR count). The van der Waals surface area contributed by atoms with Crippen molar-refractivity contribution in [3.8, 4) is 11.5 Å². The quantitative estimate of drug-likeness (QED) is 0.886. The Labute approximate surface area is 147 Å². The lowest BCUT2D eigenvalue weighted by atomic mass is 9.90. The minimum absolute atomic E-state index is 0.171. The smallest absolute Gasteiger partial charge is 0.311 e. The van der Waals surface area contributed by atoms with E-state index in [1.54, 1.807) is 37.1 Å². The van der Waals surface area contributed by atoms with Crippen LogP contribution < -0.4 is 9.47 Å². The highest BCUT2D eigenvalue weighted by Crippen LogP contribution is 2.34. The van der Waals surface area contributed by atoms with Gasteiger partial charge in [0.05, 0.1) is 18.6 Å². The summed E-state index contributed by atoms with van der Waals surface area (Å²) in [5, 5.41) is 9.32. The Morgan fingerprint density at radius 1 is 1.24 bits per heavy atom. The Hall–Kier alpha value is -2.24. The van der Waals surface area contributed by atoms with Crippen molar-refractivity contribution in [3.63, 3.8) is 0 Å². The highest BCUT2D eigenvalue weighted by atomic mass is 16.5. The summed E-state index contributed by atoms with van der Waals surface area (Å²) in [6.45, 7) is 2.36. The molecule has 2 aliphatic rings. The molecule has 6 nitrogen and oxygen atoms in total. The molecule has 1 atom stereocenters. The summed E-state index contributed by atoms with van der Waals surface area (Å²) < 4.78 is 11.4. The Morgan fingerprint density at radius 2 is 1.96 bits per heavy atom. The number of hydrogen-bond acceptors (Lipinski definition) is 4. The largest absolute Gasteiger partial charge is 0.493 e. The Morgan fingerprint density at radius 3 is 2.56 bits per heavy atom. The van der Waals surface area contributed by atoms with E-state index in [0.29, 0.717) is 30.0 Å². The molecule has 0 aromatic heterocycles. The summed E-state index contributed by atoms with van der Waals surface area (Å²) in [6.07, 6.45) is 5.14. The van der Waals surface area contributed by atoms with Crippen molar-refractivity contribution in [3.05, 3.63) is 23.8 Å². The van der Waals surface area contributed by atoms with E-state index < -0.39 is 11.4 Å². The molecule has 1 aromatic carbocycles. The van der Waals surface area contributed by atoms with Gasteiger partial charge in [-0.25, -0.2) is 0 Å². The topological polar surface area (TPSA) is 76.1 Å². The molecular formula is C19H25NO5. The van der Waals surface area contributed by atoms with Crippen LogP contribution >= 0.6 is 0 Å². The van der Waals surface area contributed by atoms with E-state index >= 15 is 0 Å². The predicted molar refractivity (Wildman–Crippen MR) is 92.1 cm³/mol. The maximum Gasteiger partial charge on any atom is 0.311 e. The molecule has 1 N–H and O–H groups in total. The number of methoxy groups -OCH3 is 1. The summed E-state index contributed by atoms with van der Waals surface area (Å²) in [4.78, 5) is 25.7. The minimum atomic E-state index is -0.870. The van der Waals surface area contributed by atoms with E-state index in [1.165, 1.54) is 12.8 Å². The third kappa shape index (κ3) is 3.57. The number of aliphatic carboxylic acids is 1. The van der Waals surface area contributed by atoms with Crippen LogP contribution in [-0.4, -0.2) is 48.2 Å². The number of carbonyl (C=O) groups excluding carboxylic acids is 1. The van der Waals surface area contributed by atoms with Crippen LogP contribution in [0.25, 0.3) is 0 Å². The van der Waals surface area contributed by atoms with Gasteiger partial charge in [0.2, 0.25) is 0 Å². The van der Waals surface area contributed by atoms with Crippen molar-refractivity contribution in [2.45, 2.75) is 45.1 Å². The van der Waals surface area contributed by atoms with Gasteiger partial charge in [-0.15, -0.1) is 0 Å². The SMILES string of the molecule is COc1cc(C(=O)N2CCC(C)(C(=O)O)C2)ccc1OC1CCCC1. The fourth-order valence-electron chi connectivity index (χ4n) is 3.58. The molecule has 25 heavy (non-hydrogen) atoms. The van der Waals surface area contributed by atoms with Gasteiger partial charge in [0.25, 0.3) is 5.91 Å². The third-order valence-electron chi connectivity index (χ3n) is 5.28. The predicted octanol–water partition coefficient (Wildman–Crippen LogP) is 2.95. The van der Waals surface area contributed by atoms with E-state index in [2.05, 4.69) is 0 Å². The normalized spacial score (nSPS) is 23.7. The molecule has 136 valence electrons. The number of carboxylic acid groups (broad SMARTS) is 1. The second kappa shape index (κ2) is 6.94. The Bertz CT molecular complexity index is 668. The highest BCUT2D eigenvalue weighted by Gasteiger charge is 2.42. The van der Waals surface area contributed by atoms with Gasteiger partial charge in [0, 0.05) is 18.7 Å². The van der Waals surface area contributed by atoms with Gasteiger partial charge >= 0.3 is 5.97 Å². The molecule has 1 saturated heterocycles. The molecule has 1 aliphatic carbocycles. The average Bonchev–Trinajstić information content (AvgIpc) is 3.25. The van der Waals surface area contributed by atoms with Crippen LogP contribution in [0.15, 0.2) is 18.2 Å². The van der Waals surface area contributed by atoms with Gasteiger partial charge in [-0.2, -0.15) is 0 Å². The maximum atomic E-state index is 12.7. The minimum Gasteiger partial charge on any atom is -0.493 e. The monoisotopic (exact) mass is 347 g/mol. The zero-order chi connectivity index (χ0) is 18.0. The molecule has 1 aliphatic heterocycles. The number of likely N-dealkylation sites (tertiary alicyclic amines) is 1. The number of hydrogen-bond donors (Lipinski definition) is 1. The fraction of sp³-hybridized carbons (Fsp3) is 0.579. The number of nitrogens with zero attached hydrogens (tertiary/aromatic N) is 1. The van der Waals surface area contributed by atoms with Gasteiger partial charge in [-0.05, 0) is 57.2 Å². The molecule has 1 aromatic rings. The molecule has 2 fully saturated rings. The van der Waals surface area contributed by atoms with E-state index in [9.17, 15) is 14.7 Å². The zero-order valence-corrected chi connectivity index (χ0v) is 14.8. The van der Waals surface area contributed by atoms with E-state index in [1.807, 2.05) is 0 Å². The molecule has 1 unspecified atom stereocenters. The van der Waals surface area contributed by atoms with Gasteiger partial charge in [0.1, 0.15) is 0 Å². The first-order chi connectivity index (χ1) is 11.9. The first-order valence-electron chi connectivity index (χ1n) is 8.80. The summed E-state index contributed by atoms with van der Waals surface area (Å²) in [5.41, 5.74) is -0.379. The van der Waals surface area contributed by atoms with Crippen molar-refractivity contribution in [2.75, 3.05) is 20.2 Å². The van der Waals surface area contributed by atoms with Gasteiger partial charge in [-0.1, -0.05) is 0 Å². The number of carboxylic acids is 1. The lowest BCUT2D eigenvalue weighted by Crippen LogP contribution is -2.34. The number of carbonyl (C=O) groups is 2. The van der Waals surface area contributed by atoms with Crippen LogP contribution in [0, 0.1) is 5.41 Å². The van der Waals surface area contributed by atoms with Crippen LogP contribution in [0.4, 0.5) is 0 Å². The first-order valence-corrected chi connectivity index (χ1v) is 8.80. The van der Waals surface area contributed by atoms with Crippen molar-refractivity contribution in [1.82, 2.24) is 4.90 Å². The standard InChI is InChI=1S/C19H25NO5/c1-19(18(22)23)9-10-20(12-19)17(21)13-7-8-15(16(11-13)24-2)25-14-5-3-4-6-14/h7-8,11,14H,3-6,9-10,12H2,1-2H3,(H,22,23). The van der Waals surface area contributed by atoms with E-state index in [0.717, 1.165) is 12.8 Å². The van der Waals surface area contributed by atoms with Crippen LogP contribution in [0.2, 0.25) is 0 Å². The average molecular weight is 347 g/mol. The molecular weight excluding hydrogens is 322 g/mol. The molecule has 0 spiro atoms. The zero-order valence-electron chi connectivity index (χ0n) is 14.8. The summed E-state index contributed by atoms with van der Waals surface area (Å²) in [7, 11) is 1.56.